The molecule has 0 radical (unpaired) electrons. The van der Waals surface area contributed by atoms with Crippen LogP contribution in [0.3, 0.4) is 0 Å². The lowest BCUT2D eigenvalue weighted by atomic mass is 9.73. The molecule has 3 rings (SSSR count). The van der Waals surface area contributed by atoms with Gasteiger partial charge in [0.25, 0.3) is 0 Å². The van der Waals surface area contributed by atoms with Gasteiger partial charge in [-0.2, -0.15) is 0 Å². The van der Waals surface area contributed by atoms with E-state index in [0.717, 1.165) is 0 Å². The number of ether oxygens (including phenoxy) is 7. The largest absolute Gasteiger partial charge is 0.459 e. The van der Waals surface area contributed by atoms with Gasteiger partial charge < -0.3 is 63.7 Å². The molecule has 0 spiro atoms. The molecule has 15 heteroatoms. The highest BCUT2D eigenvalue weighted by Gasteiger charge is 2.54. The summed E-state index contributed by atoms with van der Waals surface area (Å²) in [5.41, 5.74) is -3.99. The van der Waals surface area contributed by atoms with Crippen LogP contribution in [-0.2, 0) is 38.0 Å². The summed E-state index contributed by atoms with van der Waals surface area (Å²) in [6, 6.07) is -0.282. The number of oxime groups is 1. The Balaban J connectivity index is 2.25. The first-order valence-corrected chi connectivity index (χ1v) is 19.1. The molecule has 3 fully saturated rings. The van der Waals surface area contributed by atoms with Gasteiger partial charge in [-0.15, -0.1) is 0 Å². The molecule has 3 aliphatic heterocycles. The molecule has 0 aromatic rings. The fourth-order valence-corrected chi connectivity index (χ4v) is 8.78. The summed E-state index contributed by atoms with van der Waals surface area (Å²) in [6.45, 7) is 17.3. The fraction of sp³-hybridized carbons (Fsp3) is 0.947. The van der Waals surface area contributed by atoms with E-state index in [9.17, 15) is 30.4 Å². The molecule has 0 bridgehead atoms. The standard InChI is InChI=1S/C38H70N2O13/c1-15-26-38(10,45)31(42)21(4)28(39-46)19(2)17-37(9,48-14)33(53-35-29(41)25(40(11)12)16-20(3)49-35)22(5)30(23(6)34(44)51-26)52-27-18-36(8,47-13)32(43)24(7)50-27/h19-27,29-33,35,41-43,45-46H,15-18H2,1-14H3/b39-28+/t19-,20?,21+,22+,23-,24?,25-,26-,27+,29?,30+,31-,32+,33-,35+,36+,37-,38-/m1/s1. The van der Waals surface area contributed by atoms with Crippen molar-refractivity contribution in [3.8, 4) is 0 Å². The lowest BCUT2D eigenvalue weighted by Gasteiger charge is -2.50. The number of likely N-dealkylation sites (N-methyl/N-ethyl adjacent to an activating group) is 1. The maximum atomic E-state index is 14.2. The number of hydrogen-bond donors (Lipinski definition) is 5. The Hall–Kier alpha value is -1.50. The number of cyclic esters (lactones) is 1. The van der Waals surface area contributed by atoms with Gasteiger partial charge in [-0.25, -0.2) is 0 Å². The molecule has 3 saturated heterocycles. The number of aliphatic hydroxyl groups excluding tert-OH is 3. The third kappa shape index (κ3) is 9.73. The summed E-state index contributed by atoms with van der Waals surface area (Å²) in [6.07, 6.45) is -8.53. The Morgan fingerprint density at radius 1 is 0.887 bits per heavy atom. The molecule has 3 heterocycles. The second kappa shape index (κ2) is 18.2. The minimum absolute atomic E-state index is 0.128. The third-order valence-electron chi connectivity index (χ3n) is 12.4. The zero-order chi connectivity index (χ0) is 40.4. The molecule has 15 nitrogen and oxygen atoms in total. The van der Waals surface area contributed by atoms with E-state index in [-0.39, 0.29) is 37.1 Å². The van der Waals surface area contributed by atoms with E-state index in [1.165, 1.54) is 21.1 Å². The second-order valence-electron chi connectivity index (χ2n) is 16.8. The topological polar surface area (TPSA) is 198 Å². The summed E-state index contributed by atoms with van der Waals surface area (Å²) in [5, 5.41) is 59.8. The summed E-state index contributed by atoms with van der Waals surface area (Å²) < 4.78 is 44.1. The van der Waals surface area contributed by atoms with Crippen LogP contribution in [0.15, 0.2) is 5.16 Å². The van der Waals surface area contributed by atoms with Crippen LogP contribution >= 0.6 is 0 Å². The van der Waals surface area contributed by atoms with Gasteiger partial charge >= 0.3 is 5.97 Å². The van der Waals surface area contributed by atoms with Gasteiger partial charge in [0.1, 0.15) is 23.9 Å². The van der Waals surface area contributed by atoms with Gasteiger partial charge in [0.2, 0.25) is 0 Å². The normalized spacial score (nSPS) is 49.1. The highest BCUT2D eigenvalue weighted by molar-refractivity contribution is 5.88. The first kappa shape index (κ1) is 45.9. The van der Waals surface area contributed by atoms with E-state index < -0.39 is 102 Å². The molecule has 0 amide bonds. The van der Waals surface area contributed by atoms with Crippen molar-refractivity contribution in [2.45, 2.75) is 179 Å². The van der Waals surface area contributed by atoms with E-state index >= 15 is 0 Å². The molecular formula is C38H70N2O13. The number of hydrogen-bond acceptors (Lipinski definition) is 15. The Kier molecular flexibility index (Phi) is 15.7. The zero-order valence-corrected chi connectivity index (χ0v) is 34.4. The monoisotopic (exact) mass is 762 g/mol. The number of esters is 1. The van der Waals surface area contributed by atoms with Crippen LogP contribution in [0.2, 0.25) is 0 Å². The molecule has 0 aromatic carbocycles. The number of carbonyl (C=O) groups is 1. The third-order valence-corrected chi connectivity index (χ3v) is 12.4. The molecular weight excluding hydrogens is 692 g/mol. The average molecular weight is 763 g/mol. The van der Waals surface area contributed by atoms with Gasteiger partial charge in [0, 0.05) is 44.4 Å². The molecule has 0 aliphatic carbocycles. The summed E-state index contributed by atoms with van der Waals surface area (Å²) >= 11 is 0. The molecule has 0 saturated carbocycles. The van der Waals surface area contributed by atoms with Crippen molar-refractivity contribution in [2.24, 2.45) is 28.8 Å². The Labute approximate surface area is 316 Å². The van der Waals surface area contributed by atoms with Crippen LogP contribution in [0, 0.1) is 23.7 Å². The predicted molar refractivity (Wildman–Crippen MR) is 195 cm³/mol. The lowest BCUT2D eigenvalue weighted by Crippen LogP contribution is -2.61. The Morgan fingerprint density at radius 2 is 1.49 bits per heavy atom. The van der Waals surface area contributed by atoms with E-state index in [1.54, 1.807) is 34.6 Å². The number of aliphatic hydroxyl groups is 4. The Bertz CT molecular complexity index is 1220. The minimum atomic E-state index is -1.94. The van der Waals surface area contributed by atoms with Crippen molar-refractivity contribution >= 4 is 11.7 Å². The number of rotatable bonds is 8. The van der Waals surface area contributed by atoms with Gasteiger partial charge in [-0.05, 0) is 74.9 Å². The predicted octanol–water partition coefficient (Wildman–Crippen LogP) is 2.70. The van der Waals surface area contributed by atoms with E-state index in [4.69, 9.17) is 33.2 Å². The van der Waals surface area contributed by atoms with Crippen molar-refractivity contribution in [3.63, 3.8) is 0 Å². The van der Waals surface area contributed by atoms with Crippen molar-refractivity contribution < 1.29 is 63.6 Å². The maximum Gasteiger partial charge on any atom is 0.311 e. The van der Waals surface area contributed by atoms with Gasteiger partial charge in [-0.1, -0.05) is 32.9 Å². The van der Waals surface area contributed by atoms with Crippen LogP contribution in [0.5, 0.6) is 0 Å². The van der Waals surface area contributed by atoms with Crippen LogP contribution in [-0.4, -0.2) is 155 Å². The van der Waals surface area contributed by atoms with Crippen LogP contribution in [0.1, 0.15) is 94.9 Å². The SMILES string of the molecule is CC[C@H]1OC(=O)[C@H](C)[C@@H](O[C@H]2C[C@](C)(OC)[C@@H](O)C(C)O2)[C@H](C)[C@@H](O[C@@H]2OC(C)C[C@@H](N(C)C)C2O)[C@](C)(OC)C[C@@H](C)/C(=N\O)[C@H](C)[C@@H](O)[C@]1(C)O. The van der Waals surface area contributed by atoms with Gasteiger partial charge in [-0.3, -0.25) is 4.79 Å². The molecule has 3 aliphatic rings. The fourth-order valence-electron chi connectivity index (χ4n) is 8.78. The van der Waals surface area contributed by atoms with Crippen LogP contribution < -0.4 is 0 Å². The van der Waals surface area contributed by atoms with Crippen molar-refractivity contribution in [2.75, 3.05) is 28.3 Å². The zero-order valence-electron chi connectivity index (χ0n) is 34.4. The quantitative estimate of drug-likeness (QED) is 0.137. The van der Waals surface area contributed by atoms with E-state index in [0.29, 0.717) is 6.42 Å². The molecule has 18 atom stereocenters. The number of nitrogens with zero attached hydrogens (tertiary/aromatic N) is 2. The van der Waals surface area contributed by atoms with Crippen molar-refractivity contribution in [3.05, 3.63) is 0 Å². The first-order chi connectivity index (χ1) is 24.5. The smallest absolute Gasteiger partial charge is 0.311 e. The molecule has 3 unspecified atom stereocenters. The van der Waals surface area contributed by atoms with Crippen molar-refractivity contribution in [1.82, 2.24) is 4.90 Å². The summed E-state index contributed by atoms with van der Waals surface area (Å²) in [4.78, 5) is 16.2. The van der Waals surface area contributed by atoms with Crippen LogP contribution in [0.25, 0.3) is 0 Å². The number of methoxy groups -OCH3 is 2. The van der Waals surface area contributed by atoms with Crippen LogP contribution in [0.4, 0.5) is 0 Å². The average Bonchev–Trinajstić information content (AvgIpc) is 3.10. The minimum Gasteiger partial charge on any atom is -0.459 e. The van der Waals surface area contributed by atoms with Gasteiger partial charge in [0.05, 0.1) is 53.4 Å². The van der Waals surface area contributed by atoms with E-state index in [2.05, 4.69) is 5.16 Å². The van der Waals surface area contributed by atoms with E-state index in [1.807, 2.05) is 46.7 Å². The Morgan fingerprint density at radius 3 is 2.02 bits per heavy atom. The molecule has 5 N–H and O–H groups in total. The highest BCUT2D eigenvalue weighted by Crippen LogP contribution is 2.42. The maximum absolute atomic E-state index is 14.2. The highest BCUT2D eigenvalue weighted by atomic mass is 16.7. The van der Waals surface area contributed by atoms with Crippen molar-refractivity contribution in [1.29, 1.82) is 0 Å². The summed E-state index contributed by atoms with van der Waals surface area (Å²) in [7, 11) is 6.80. The first-order valence-electron chi connectivity index (χ1n) is 19.1. The summed E-state index contributed by atoms with van der Waals surface area (Å²) in [5.74, 6) is -3.82. The molecule has 0 aromatic heterocycles. The number of carbonyl (C=O) groups excluding carboxylic acids is 1. The molecule has 310 valence electrons. The second-order valence-corrected chi connectivity index (χ2v) is 16.8. The lowest BCUT2D eigenvalue weighted by molar-refractivity contribution is -0.319. The van der Waals surface area contributed by atoms with Gasteiger partial charge in [0.15, 0.2) is 12.6 Å². The molecule has 53 heavy (non-hydrogen) atoms.